The summed E-state index contributed by atoms with van der Waals surface area (Å²) in [7, 11) is 0. The molecule has 2 unspecified atom stereocenters. The maximum atomic E-state index is 3.61. The van der Waals surface area contributed by atoms with Crippen molar-refractivity contribution in [3.8, 4) is 0 Å². The van der Waals surface area contributed by atoms with Crippen molar-refractivity contribution in [3.63, 3.8) is 0 Å². The largest absolute Gasteiger partial charge is 0.313 e. The summed E-state index contributed by atoms with van der Waals surface area (Å²) < 4.78 is 0. The Balaban J connectivity index is 2.13. The highest BCUT2D eigenvalue weighted by atomic mass is 32.2. The monoisotopic (exact) mass is 278 g/mol. The maximum Gasteiger partial charge on any atom is 0.0476 e. The first kappa shape index (κ1) is 14.9. The molecule has 0 aliphatic carbocycles. The van der Waals surface area contributed by atoms with E-state index in [4.69, 9.17) is 0 Å². The fourth-order valence-corrected chi connectivity index (χ4v) is 3.69. The topological polar surface area (TPSA) is 15.3 Å². The summed E-state index contributed by atoms with van der Waals surface area (Å²) in [6.45, 7) is 9.04. The molecule has 2 nitrogen and oxygen atoms in total. The fourth-order valence-electron chi connectivity index (χ4n) is 2.65. The first-order valence-corrected chi connectivity index (χ1v) is 8.45. The van der Waals surface area contributed by atoms with E-state index in [0.29, 0.717) is 18.1 Å². The van der Waals surface area contributed by atoms with E-state index in [-0.39, 0.29) is 0 Å². The Morgan fingerprint density at radius 1 is 1.32 bits per heavy atom. The summed E-state index contributed by atoms with van der Waals surface area (Å²) in [6.07, 6.45) is 0. The summed E-state index contributed by atoms with van der Waals surface area (Å²) in [5, 5.41) is 3.61. The van der Waals surface area contributed by atoms with Crippen LogP contribution in [0.1, 0.15) is 32.4 Å². The van der Waals surface area contributed by atoms with Crippen LogP contribution >= 0.6 is 11.8 Å². The van der Waals surface area contributed by atoms with Crippen LogP contribution in [0.25, 0.3) is 0 Å². The van der Waals surface area contributed by atoms with Gasteiger partial charge in [-0.05, 0) is 12.5 Å². The Hall–Kier alpha value is -0.510. The number of nitrogens with zero attached hydrogens (tertiary/aromatic N) is 1. The van der Waals surface area contributed by atoms with Gasteiger partial charge in [-0.3, -0.25) is 4.90 Å². The molecule has 0 amide bonds. The van der Waals surface area contributed by atoms with Gasteiger partial charge in [0.2, 0.25) is 0 Å². The Bertz CT molecular complexity index is 366. The van der Waals surface area contributed by atoms with Crippen molar-refractivity contribution in [2.75, 3.05) is 24.6 Å². The second-order valence-corrected chi connectivity index (χ2v) is 6.80. The van der Waals surface area contributed by atoms with Gasteiger partial charge in [0.05, 0.1) is 0 Å². The van der Waals surface area contributed by atoms with Crippen LogP contribution in [0.5, 0.6) is 0 Å². The van der Waals surface area contributed by atoms with Gasteiger partial charge in [0.15, 0.2) is 0 Å². The van der Waals surface area contributed by atoms with Crippen molar-refractivity contribution in [3.05, 3.63) is 35.9 Å². The molecule has 1 N–H and O–H groups in total. The van der Waals surface area contributed by atoms with E-state index in [1.165, 1.54) is 23.6 Å². The Morgan fingerprint density at radius 3 is 2.68 bits per heavy atom. The minimum absolute atomic E-state index is 0.500. The zero-order chi connectivity index (χ0) is 13.7. The highest BCUT2D eigenvalue weighted by molar-refractivity contribution is 7.99. The SMILES string of the molecule is CC(C)NCC(c1ccccc1)N1CCSCC1C. The van der Waals surface area contributed by atoms with Crippen molar-refractivity contribution in [2.24, 2.45) is 0 Å². The van der Waals surface area contributed by atoms with Gasteiger partial charge in [-0.2, -0.15) is 11.8 Å². The smallest absolute Gasteiger partial charge is 0.0476 e. The second-order valence-electron chi connectivity index (χ2n) is 5.65. The first-order valence-electron chi connectivity index (χ1n) is 7.30. The zero-order valence-corrected chi connectivity index (χ0v) is 13.1. The third kappa shape index (κ3) is 4.23. The van der Waals surface area contributed by atoms with Gasteiger partial charge >= 0.3 is 0 Å². The number of rotatable bonds is 5. The summed E-state index contributed by atoms with van der Waals surface area (Å²) in [5.74, 6) is 2.51. The lowest BCUT2D eigenvalue weighted by Gasteiger charge is -2.40. The van der Waals surface area contributed by atoms with E-state index in [0.717, 1.165) is 6.54 Å². The highest BCUT2D eigenvalue weighted by Gasteiger charge is 2.27. The zero-order valence-electron chi connectivity index (χ0n) is 12.3. The van der Waals surface area contributed by atoms with Crippen LogP contribution in [0.15, 0.2) is 30.3 Å². The molecule has 0 radical (unpaired) electrons. The Kier molecular flexibility index (Phi) is 5.74. The molecule has 1 aromatic rings. The molecule has 0 aromatic heterocycles. The number of nitrogens with one attached hydrogen (secondary N) is 1. The van der Waals surface area contributed by atoms with E-state index in [1.54, 1.807) is 0 Å². The first-order chi connectivity index (χ1) is 9.18. The normalized spacial score (nSPS) is 22.6. The molecule has 2 rings (SSSR count). The molecule has 1 aliphatic heterocycles. The van der Waals surface area contributed by atoms with Gasteiger partial charge in [-0.1, -0.05) is 44.2 Å². The third-order valence-corrected chi connectivity index (χ3v) is 4.91. The van der Waals surface area contributed by atoms with Crippen LogP contribution in [-0.2, 0) is 0 Å². The predicted octanol–water partition coefficient (Wildman–Crippen LogP) is 3.16. The van der Waals surface area contributed by atoms with Gasteiger partial charge in [-0.25, -0.2) is 0 Å². The summed E-state index contributed by atoms with van der Waals surface area (Å²) in [4.78, 5) is 2.67. The quantitative estimate of drug-likeness (QED) is 0.890. The number of hydrogen-bond acceptors (Lipinski definition) is 3. The Labute approximate surface area is 122 Å². The van der Waals surface area contributed by atoms with Crippen LogP contribution in [0, 0.1) is 0 Å². The maximum absolute atomic E-state index is 3.61. The second kappa shape index (κ2) is 7.32. The summed E-state index contributed by atoms with van der Waals surface area (Å²) in [6, 6.07) is 12.6. The minimum Gasteiger partial charge on any atom is -0.313 e. The molecule has 2 atom stereocenters. The van der Waals surface area contributed by atoms with Crippen molar-refractivity contribution in [2.45, 2.75) is 38.9 Å². The molecule has 106 valence electrons. The molecule has 0 saturated carbocycles. The standard InChI is InChI=1S/C16H26N2S/c1-13(2)17-11-16(15-7-5-4-6-8-15)18-9-10-19-12-14(18)3/h4-8,13-14,16-17H,9-12H2,1-3H3. The average molecular weight is 278 g/mol. The van der Waals surface area contributed by atoms with Crippen molar-refractivity contribution in [1.29, 1.82) is 0 Å². The van der Waals surface area contributed by atoms with Crippen molar-refractivity contribution >= 4 is 11.8 Å². The van der Waals surface area contributed by atoms with Gasteiger partial charge < -0.3 is 5.32 Å². The highest BCUT2D eigenvalue weighted by Crippen LogP contribution is 2.27. The molecule has 1 fully saturated rings. The van der Waals surface area contributed by atoms with Gasteiger partial charge in [-0.15, -0.1) is 0 Å². The molecular weight excluding hydrogens is 252 g/mol. The van der Waals surface area contributed by atoms with E-state index in [2.05, 4.69) is 73.1 Å². The lowest BCUT2D eigenvalue weighted by molar-refractivity contribution is 0.156. The lowest BCUT2D eigenvalue weighted by atomic mass is 10.0. The molecule has 0 spiro atoms. The van der Waals surface area contributed by atoms with E-state index in [1.807, 2.05) is 0 Å². The molecule has 19 heavy (non-hydrogen) atoms. The molecule has 1 aliphatic rings. The van der Waals surface area contributed by atoms with Gasteiger partial charge in [0.25, 0.3) is 0 Å². The third-order valence-electron chi connectivity index (χ3n) is 3.72. The molecule has 3 heteroatoms. The average Bonchev–Trinajstić information content (AvgIpc) is 2.42. The molecular formula is C16H26N2S. The molecule has 0 bridgehead atoms. The Morgan fingerprint density at radius 2 is 2.05 bits per heavy atom. The van der Waals surface area contributed by atoms with E-state index >= 15 is 0 Å². The lowest BCUT2D eigenvalue weighted by Crippen LogP contribution is -2.46. The van der Waals surface area contributed by atoms with Gasteiger partial charge in [0.1, 0.15) is 0 Å². The van der Waals surface area contributed by atoms with Crippen LogP contribution < -0.4 is 5.32 Å². The van der Waals surface area contributed by atoms with Crippen LogP contribution in [-0.4, -0.2) is 41.6 Å². The molecule has 1 aromatic carbocycles. The van der Waals surface area contributed by atoms with Crippen LogP contribution in [0.2, 0.25) is 0 Å². The number of thioether (sulfide) groups is 1. The number of hydrogen-bond donors (Lipinski definition) is 1. The molecule has 1 saturated heterocycles. The van der Waals surface area contributed by atoms with Crippen molar-refractivity contribution < 1.29 is 0 Å². The predicted molar refractivity (Wildman–Crippen MR) is 85.8 cm³/mol. The van der Waals surface area contributed by atoms with Crippen molar-refractivity contribution in [1.82, 2.24) is 10.2 Å². The molecule has 1 heterocycles. The van der Waals surface area contributed by atoms with Crippen LogP contribution in [0.4, 0.5) is 0 Å². The summed E-state index contributed by atoms with van der Waals surface area (Å²) >= 11 is 2.08. The summed E-state index contributed by atoms with van der Waals surface area (Å²) in [5.41, 5.74) is 1.44. The van der Waals surface area contributed by atoms with Gasteiger partial charge in [0, 0.05) is 42.7 Å². The van der Waals surface area contributed by atoms with Crippen LogP contribution in [0.3, 0.4) is 0 Å². The number of benzene rings is 1. The fraction of sp³-hybridized carbons (Fsp3) is 0.625. The van der Waals surface area contributed by atoms with E-state index in [9.17, 15) is 0 Å². The minimum atomic E-state index is 0.500. The van der Waals surface area contributed by atoms with E-state index < -0.39 is 0 Å².